The van der Waals surface area contributed by atoms with E-state index in [0.717, 1.165) is 11.6 Å². The molecule has 104 valence electrons. The number of halogens is 2. The average Bonchev–Trinajstić information content (AvgIpc) is 2.40. The number of anilines is 1. The molecule has 2 N–H and O–H groups in total. The van der Waals surface area contributed by atoms with E-state index in [1.54, 1.807) is 12.1 Å². The summed E-state index contributed by atoms with van der Waals surface area (Å²) in [6.45, 7) is 1.95. The summed E-state index contributed by atoms with van der Waals surface area (Å²) < 4.78 is 18.4. The van der Waals surface area contributed by atoms with Crippen LogP contribution in [0.25, 0.3) is 0 Å². The molecule has 0 radical (unpaired) electrons. The molecule has 2 aromatic carbocycles. The fraction of sp³-hybridized carbons (Fsp3) is 0.133. The van der Waals surface area contributed by atoms with Crippen molar-refractivity contribution in [2.45, 2.75) is 13.5 Å². The number of benzene rings is 2. The highest BCUT2D eigenvalue weighted by Gasteiger charge is 2.11. The van der Waals surface area contributed by atoms with Gasteiger partial charge in [0.2, 0.25) is 0 Å². The topological polar surface area (TPSA) is 52.3 Å². The van der Waals surface area contributed by atoms with Crippen molar-refractivity contribution in [1.82, 2.24) is 0 Å². The molecule has 0 aromatic heterocycles. The molecular weight excluding hydrogens is 281 g/mol. The highest BCUT2D eigenvalue weighted by molar-refractivity contribution is 6.31. The smallest absolute Gasteiger partial charge is 0.338 e. The van der Waals surface area contributed by atoms with E-state index in [-0.39, 0.29) is 17.9 Å². The molecule has 0 spiro atoms. The van der Waals surface area contributed by atoms with E-state index < -0.39 is 11.8 Å². The van der Waals surface area contributed by atoms with Crippen molar-refractivity contribution in [2.75, 3.05) is 5.73 Å². The van der Waals surface area contributed by atoms with Crippen molar-refractivity contribution in [3.05, 3.63) is 63.9 Å². The minimum Gasteiger partial charge on any atom is -0.457 e. The van der Waals surface area contributed by atoms with Crippen LogP contribution < -0.4 is 5.73 Å². The number of nitrogen functional groups attached to an aromatic ring is 1. The van der Waals surface area contributed by atoms with Gasteiger partial charge in [-0.2, -0.15) is 0 Å². The van der Waals surface area contributed by atoms with Gasteiger partial charge in [0.25, 0.3) is 0 Å². The highest BCUT2D eigenvalue weighted by atomic mass is 35.5. The normalized spacial score (nSPS) is 10.3. The minimum absolute atomic E-state index is 0.0110. The maximum Gasteiger partial charge on any atom is 0.338 e. The third-order valence-corrected chi connectivity index (χ3v) is 3.16. The fourth-order valence-electron chi connectivity index (χ4n) is 1.65. The number of aryl methyl sites for hydroxylation is 1. The van der Waals surface area contributed by atoms with Gasteiger partial charge in [-0.1, -0.05) is 23.7 Å². The maximum absolute atomic E-state index is 13.3. The van der Waals surface area contributed by atoms with Crippen molar-refractivity contribution in [3.63, 3.8) is 0 Å². The summed E-state index contributed by atoms with van der Waals surface area (Å²) in [7, 11) is 0. The first-order chi connectivity index (χ1) is 9.47. The molecule has 3 nitrogen and oxygen atoms in total. The lowest BCUT2D eigenvalue weighted by Crippen LogP contribution is -2.06. The van der Waals surface area contributed by atoms with E-state index in [1.165, 1.54) is 12.1 Å². The van der Waals surface area contributed by atoms with E-state index in [4.69, 9.17) is 22.1 Å². The molecule has 5 heteroatoms. The third kappa shape index (κ3) is 3.27. The molecule has 0 amide bonds. The lowest BCUT2D eigenvalue weighted by Gasteiger charge is -2.08. The van der Waals surface area contributed by atoms with Crippen molar-refractivity contribution >= 4 is 23.3 Å². The predicted molar refractivity (Wildman–Crippen MR) is 76.1 cm³/mol. The summed E-state index contributed by atoms with van der Waals surface area (Å²) >= 11 is 6.04. The van der Waals surface area contributed by atoms with E-state index in [1.807, 2.05) is 13.0 Å². The van der Waals surface area contributed by atoms with Crippen LogP contribution in [0.1, 0.15) is 21.5 Å². The Morgan fingerprint density at radius 1 is 1.30 bits per heavy atom. The van der Waals surface area contributed by atoms with E-state index >= 15 is 0 Å². The Kier molecular flexibility index (Phi) is 4.25. The molecule has 0 saturated heterocycles. The van der Waals surface area contributed by atoms with Crippen molar-refractivity contribution in [2.24, 2.45) is 0 Å². The van der Waals surface area contributed by atoms with Crippen LogP contribution in [0.5, 0.6) is 0 Å². The number of nitrogens with two attached hydrogens (primary N) is 1. The lowest BCUT2D eigenvalue weighted by molar-refractivity contribution is 0.0472. The summed E-state index contributed by atoms with van der Waals surface area (Å²) in [5, 5.41) is 0.529. The van der Waals surface area contributed by atoms with Crippen LogP contribution >= 0.6 is 11.6 Å². The number of hydrogen-bond donors (Lipinski definition) is 1. The Hall–Kier alpha value is -2.07. The minimum atomic E-state index is -0.646. The van der Waals surface area contributed by atoms with Crippen molar-refractivity contribution in [1.29, 1.82) is 0 Å². The molecule has 0 unspecified atom stereocenters. The van der Waals surface area contributed by atoms with Gasteiger partial charge >= 0.3 is 5.97 Å². The number of rotatable bonds is 3. The predicted octanol–water partition coefficient (Wildman–Crippen LogP) is 3.73. The number of esters is 1. The zero-order chi connectivity index (χ0) is 14.7. The molecule has 20 heavy (non-hydrogen) atoms. The molecule has 0 heterocycles. The SMILES string of the molecule is Cc1ccc(COC(=O)c2ccc(N)c(F)c2)c(Cl)c1. The Balaban J connectivity index is 2.06. The van der Waals surface area contributed by atoms with E-state index in [9.17, 15) is 9.18 Å². The zero-order valence-corrected chi connectivity index (χ0v) is 11.6. The van der Waals surface area contributed by atoms with E-state index in [0.29, 0.717) is 10.6 Å². The van der Waals surface area contributed by atoms with Crippen molar-refractivity contribution in [3.8, 4) is 0 Å². The molecule has 0 bridgehead atoms. The number of carbonyl (C=O) groups excluding carboxylic acids is 1. The molecule has 2 aromatic rings. The second-order valence-corrected chi connectivity index (χ2v) is 4.81. The van der Waals surface area contributed by atoms with Gasteiger partial charge in [-0.15, -0.1) is 0 Å². The quantitative estimate of drug-likeness (QED) is 0.693. The average molecular weight is 294 g/mol. The molecule has 0 saturated carbocycles. The molecule has 0 fully saturated rings. The van der Waals surface area contributed by atoms with E-state index in [2.05, 4.69) is 0 Å². The van der Waals surface area contributed by atoms with Crippen LogP contribution in [0.3, 0.4) is 0 Å². The molecule has 0 aliphatic heterocycles. The molecular formula is C15H13ClFNO2. The van der Waals surface area contributed by atoms with Crippen LogP contribution in [-0.2, 0) is 11.3 Å². The third-order valence-electron chi connectivity index (χ3n) is 2.80. The Bertz CT molecular complexity index is 658. The maximum atomic E-state index is 13.3. The second-order valence-electron chi connectivity index (χ2n) is 4.41. The van der Waals surface area contributed by atoms with Gasteiger partial charge < -0.3 is 10.5 Å². The van der Waals surface area contributed by atoms with Gasteiger partial charge in [0.1, 0.15) is 12.4 Å². The molecule has 0 aliphatic rings. The van der Waals surface area contributed by atoms with Gasteiger partial charge in [0.05, 0.1) is 11.3 Å². The molecule has 0 atom stereocenters. The van der Waals surface area contributed by atoms with Gasteiger partial charge in [0.15, 0.2) is 0 Å². The van der Waals surface area contributed by atoms with Gasteiger partial charge in [-0.3, -0.25) is 0 Å². The van der Waals surface area contributed by atoms with Gasteiger partial charge in [-0.25, -0.2) is 9.18 Å². The van der Waals surface area contributed by atoms with Crippen LogP contribution in [0, 0.1) is 12.7 Å². The van der Waals surface area contributed by atoms with Gasteiger partial charge in [0, 0.05) is 10.6 Å². The molecule has 0 aliphatic carbocycles. The first-order valence-electron chi connectivity index (χ1n) is 5.94. The first kappa shape index (κ1) is 14.3. The summed E-state index contributed by atoms with van der Waals surface area (Å²) in [4.78, 5) is 11.8. The largest absolute Gasteiger partial charge is 0.457 e. The second kappa shape index (κ2) is 5.92. The first-order valence-corrected chi connectivity index (χ1v) is 6.32. The van der Waals surface area contributed by atoms with Crippen LogP contribution in [0.15, 0.2) is 36.4 Å². The number of ether oxygens (including phenoxy) is 1. The number of carbonyl (C=O) groups is 1. The fourth-order valence-corrected chi connectivity index (χ4v) is 1.94. The van der Waals surface area contributed by atoms with Gasteiger partial charge in [-0.05, 0) is 36.8 Å². The van der Waals surface area contributed by atoms with Crippen LogP contribution in [0.2, 0.25) is 5.02 Å². The summed E-state index contributed by atoms with van der Waals surface area (Å²) in [5.41, 5.74) is 7.16. The van der Waals surface area contributed by atoms with Crippen LogP contribution in [-0.4, -0.2) is 5.97 Å². The standard InChI is InChI=1S/C15H13ClFNO2/c1-9-2-3-11(12(16)6-9)8-20-15(19)10-4-5-14(18)13(17)7-10/h2-7H,8,18H2,1H3. The number of hydrogen-bond acceptors (Lipinski definition) is 3. The summed E-state index contributed by atoms with van der Waals surface area (Å²) in [6, 6.07) is 9.23. The molecule has 2 rings (SSSR count). The Labute approximate surface area is 121 Å². The van der Waals surface area contributed by atoms with Crippen molar-refractivity contribution < 1.29 is 13.9 Å². The summed E-state index contributed by atoms with van der Waals surface area (Å²) in [6.07, 6.45) is 0. The Morgan fingerprint density at radius 2 is 2.05 bits per heavy atom. The van der Waals surface area contributed by atoms with Crippen LogP contribution in [0.4, 0.5) is 10.1 Å². The highest BCUT2D eigenvalue weighted by Crippen LogP contribution is 2.19. The lowest BCUT2D eigenvalue weighted by atomic mass is 10.1. The summed E-state index contributed by atoms with van der Waals surface area (Å²) in [5.74, 6) is -1.27. The zero-order valence-electron chi connectivity index (χ0n) is 10.8. The monoisotopic (exact) mass is 293 g/mol. The Morgan fingerprint density at radius 3 is 2.70 bits per heavy atom.